The quantitative estimate of drug-likeness (QED) is 0.498. The molecular weight excluding hydrogens is 290 g/mol. The lowest BCUT2D eigenvalue weighted by Crippen LogP contribution is -2.29. The smallest absolute Gasteiger partial charge is 0.366 e. The van der Waals surface area contributed by atoms with E-state index in [2.05, 4.69) is 0 Å². The van der Waals surface area contributed by atoms with Gasteiger partial charge in [-0.1, -0.05) is 6.08 Å². The lowest BCUT2D eigenvalue weighted by atomic mass is 10.1. The molecule has 116 valence electrons. The summed E-state index contributed by atoms with van der Waals surface area (Å²) >= 11 is 0. The zero-order chi connectivity index (χ0) is 16.2. The minimum Gasteiger partial charge on any atom is -0.366 e. The second-order valence-corrected chi connectivity index (χ2v) is 4.25. The predicted octanol–water partition coefficient (Wildman–Crippen LogP) is 2.41. The maximum absolute atomic E-state index is 14.0. The number of rotatable bonds is 5. The van der Waals surface area contributed by atoms with E-state index in [-0.39, 0.29) is 23.4 Å². The van der Waals surface area contributed by atoms with Gasteiger partial charge in [-0.2, -0.15) is 13.2 Å². The first-order valence-corrected chi connectivity index (χ1v) is 6.04. The van der Waals surface area contributed by atoms with E-state index in [9.17, 15) is 22.4 Å². The first-order valence-electron chi connectivity index (χ1n) is 6.04. The average molecular weight is 305 g/mol. The summed E-state index contributed by atoms with van der Waals surface area (Å²) in [6, 6.07) is 3.27. The molecule has 1 aromatic carbocycles. The minimum atomic E-state index is -4.43. The topological polar surface area (TPSA) is 72.3 Å². The Labute approximate surface area is 119 Å². The van der Waals surface area contributed by atoms with Gasteiger partial charge in [0, 0.05) is 17.7 Å². The van der Waals surface area contributed by atoms with Gasteiger partial charge in [0.2, 0.25) is 5.91 Å². The molecule has 4 N–H and O–H groups in total. The van der Waals surface area contributed by atoms with Crippen molar-refractivity contribution >= 4 is 11.6 Å². The molecule has 0 atom stereocenters. The van der Waals surface area contributed by atoms with E-state index >= 15 is 0 Å². The fraction of sp³-hybridized carbons (Fsp3) is 0.308. The third-order valence-electron chi connectivity index (χ3n) is 2.71. The molecular formula is C13H15F4N3O. The number of alkyl halides is 3. The molecule has 1 rings (SSSR count). The summed E-state index contributed by atoms with van der Waals surface area (Å²) in [5, 5.41) is 0.994. The number of primary amides is 1. The van der Waals surface area contributed by atoms with E-state index in [1.54, 1.807) is 6.92 Å². The Morgan fingerprint density at radius 1 is 1.38 bits per heavy atom. The number of halogens is 4. The number of benzene rings is 1. The molecule has 21 heavy (non-hydrogen) atoms. The SMILES string of the molecule is CCN(N)/C(=C\CC(F)(F)F)c1ccc(C(N)=O)cc1F. The lowest BCUT2D eigenvalue weighted by Gasteiger charge is -2.21. The number of amides is 1. The standard InChI is InChI=1S/C13H15F4N3O/c1-2-20(19)11(5-6-13(15,16)17)9-4-3-8(12(18)21)7-10(9)14/h3-5,7H,2,6,19H2,1H3,(H2,18,21)/b11-5-. The monoisotopic (exact) mass is 305 g/mol. The number of hydrazine groups is 1. The molecule has 0 unspecified atom stereocenters. The van der Waals surface area contributed by atoms with Crippen molar-refractivity contribution in [2.24, 2.45) is 11.6 Å². The molecule has 4 nitrogen and oxygen atoms in total. The van der Waals surface area contributed by atoms with Crippen LogP contribution in [0.1, 0.15) is 29.3 Å². The Balaban J connectivity index is 3.24. The molecule has 0 spiro atoms. The molecule has 0 aromatic heterocycles. The van der Waals surface area contributed by atoms with Gasteiger partial charge in [-0.3, -0.25) is 4.79 Å². The maximum atomic E-state index is 14.0. The van der Waals surface area contributed by atoms with Gasteiger partial charge in [0.05, 0.1) is 12.1 Å². The van der Waals surface area contributed by atoms with Crippen LogP contribution in [0.25, 0.3) is 5.70 Å². The van der Waals surface area contributed by atoms with Gasteiger partial charge in [0.15, 0.2) is 0 Å². The first-order chi connectivity index (χ1) is 9.65. The van der Waals surface area contributed by atoms with E-state index in [1.807, 2.05) is 0 Å². The summed E-state index contributed by atoms with van der Waals surface area (Å²) in [6.07, 6.45) is -4.87. The van der Waals surface area contributed by atoms with Crippen LogP contribution in [-0.4, -0.2) is 23.6 Å². The van der Waals surface area contributed by atoms with E-state index in [4.69, 9.17) is 11.6 Å². The highest BCUT2D eigenvalue weighted by Crippen LogP contribution is 2.26. The number of hydrogen-bond acceptors (Lipinski definition) is 3. The number of allylic oxidation sites excluding steroid dienone is 1. The van der Waals surface area contributed by atoms with Crippen LogP contribution in [0, 0.1) is 5.82 Å². The Kier molecular flexibility index (Phi) is 5.31. The van der Waals surface area contributed by atoms with Gasteiger partial charge < -0.3 is 10.7 Å². The molecule has 0 bridgehead atoms. The first kappa shape index (κ1) is 17.0. The summed E-state index contributed by atoms with van der Waals surface area (Å²) in [5.74, 6) is 3.88. The highest BCUT2D eigenvalue weighted by molar-refractivity contribution is 5.93. The largest absolute Gasteiger partial charge is 0.392 e. The Hall–Kier alpha value is -2.09. The molecule has 0 saturated carbocycles. The van der Waals surface area contributed by atoms with Crippen LogP contribution in [0.5, 0.6) is 0 Å². The summed E-state index contributed by atoms with van der Waals surface area (Å²) in [4.78, 5) is 10.9. The second kappa shape index (κ2) is 6.57. The van der Waals surface area contributed by atoms with Crippen molar-refractivity contribution in [1.82, 2.24) is 5.01 Å². The van der Waals surface area contributed by atoms with Crippen LogP contribution in [0.3, 0.4) is 0 Å². The van der Waals surface area contributed by atoms with Gasteiger partial charge in [0.25, 0.3) is 0 Å². The van der Waals surface area contributed by atoms with Gasteiger partial charge in [-0.15, -0.1) is 0 Å². The maximum Gasteiger partial charge on any atom is 0.392 e. The van der Waals surface area contributed by atoms with Crippen molar-refractivity contribution in [3.8, 4) is 0 Å². The van der Waals surface area contributed by atoms with Crippen molar-refractivity contribution in [1.29, 1.82) is 0 Å². The normalized spacial score (nSPS) is 12.4. The van der Waals surface area contributed by atoms with Crippen molar-refractivity contribution < 1.29 is 22.4 Å². The van der Waals surface area contributed by atoms with Crippen LogP contribution in [0.2, 0.25) is 0 Å². The summed E-state index contributed by atoms with van der Waals surface area (Å²) in [5.41, 5.74) is 4.69. The molecule has 0 aliphatic carbocycles. The van der Waals surface area contributed by atoms with E-state index < -0.39 is 24.3 Å². The molecule has 0 aliphatic heterocycles. The third kappa shape index (κ3) is 4.75. The Morgan fingerprint density at radius 2 is 2.00 bits per heavy atom. The van der Waals surface area contributed by atoms with E-state index in [0.717, 1.165) is 17.2 Å². The van der Waals surface area contributed by atoms with Crippen LogP contribution in [0.15, 0.2) is 24.3 Å². The zero-order valence-electron chi connectivity index (χ0n) is 11.2. The van der Waals surface area contributed by atoms with Crippen molar-refractivity contribution in [2.45, 2.75) is 19.5 Å². The van der Waals surface area contributed by atoms with Crippen molar-refractivity contribution in [2.75, 3.05) is 6.54 Å². The van der Waals surface area contributed by atoms with Crippen LogP contribution in [-0.2, 0) is 0 Å². The number of nitrogens with two attached hydrogens (primary N) is 2. The van der Waals surface area contributed by atoms with Gasteiger partial charge in [0.1, 0.15) is 5.82 Å². The zero-order valence-corrected chi connectivity index (χ0v) is 11.2. The highest BCUT2D eigenvalue weighted by Gasteiger charge is 2.26. The van der Waals surface area contributed by atoms with Crippen molar-refractivity contribution in [3.63, 3.8) is 0 Å². The predicted molar refractivity (Wildman–Crippen MR) is 70.1 cm³/mol. The molecule has 1 aromatic rings. The number of carbonyl (C=O) groups excluding carboxylic acids is 1. The van der Waals surface area contributed by atoms with Crippen LogP contribution < -0.4 is 11.6 Å². The summed E-state index contributed by atoms with van der Waals surface area (Å²) in [7, 11) is 0. The Morgan fingerprint density at radius 3 is 2.43 bits per heavy atom. The fourth-order valence-electron chi connectivity index (χ4n) is 1.64. The number of hydrogen-bond donors (Lipinski definition) is 2. The van der Waals surface area contributed by atoms with E-state index in [0.29, 0.717) is 0 Å². The molecule has 8 heteroatoms. The van der Waals surface area contributed by atoms with E-state index in [1.165, 1.54) is 12.1 Å². The molecule has 0 aliphatic rings. The molecule has 0 fully saturated rings. The minimum absolute atomic E-state index is 0.0773. The number of carbonyl (C=O) groups is 1. The second-order valence-electron chi connectivity index (χ2n) is 4.25. The fourth-order valence-corrected chi connectivity index (χ4v) is 1.64. The van der Waals surface area contributed by atoms with Crippen molar-refractivity contribution in [3.05, 3.63) is 41.2 Å². The van der Waals surface area contributed by atoms with Gasteiger partial charge in [-0.25, -0.2) is 10.2 Å². The molecule has 0 saturated heterocycles. The summed E-state index contributed by atoms with van der Waals surface area (Å²) in [6.45, 7) is 1.79. The molecule has 1 amide bonds. The average Bonchev–Trinajstić information content (AvgIpc) is 2.38. The number of nitrogens with zero attached hydrogens (tertiary/aromatic N) is 1. The van der Waals surface area contributed by atoms with Crippen LogP contribution in [0.4, 0.5) is 17.6 Å². The third-order valence-corrected chi connectivity index (χ3v) is 2.71. The molecule has 0 heterocycles. The molecule has 0 radical (unpaired) electrons. The highest BCUT2D eigenvalue weighted by atomic mass is 19.4. The lowest BCUT2D eigenvalue weighted by molar-refractivity contribution is -0.125. The summed E-state index contributed by atoms with van der Waals surface area (Å²) < 4.78 is 50.9. The van der Waals surface area contributed by atoms with Gasteiger partial charge >= 0.3 is 6.18 Å². The van der Waals surface area contributed by atoms with Crippen LogP contribution >= 0.6 is 0 Å². The Bertz CT molecular complexity index is 555. The van der Waals surface area contributed by atoms with Gasteiger partial charge in [-0.05, 0) is 25.1 Å².